The molecule has 0 spiro atoms. The molecule has 2 N–H and O–H groups in total. The van der Waals surface area contributed by atoms with Crippen molar-refractivity contribution in [3.63, 3.8) is 0 Å². The van der Waals surface area contributed by atoms with Crippen LogP contribution in [0.4, 0.5) is 10.5 Å². The van der Waals surface area contributed by atoms with Crippen LogP contribution < -0.4 is 10.6 Å². The largest absolute Gasteiger partial charge is 0.465 e. The van der Waals surface area contributed by atoms with E-state index in [0.717, 1.165) is 12.8 Å². The second-order valence-corrected chi connectivity index (χ2v) is 6.35. The fraction of sp³-hybridized carbons (Fsp3) is 0.529. The van der Waals surface area contributed by atoms with Gasteiger partial charge in [0.2, 0.25) is 0 Å². The molecule has 0 aromatic heterocycles. The van der Waals surface area contributed by atoms with Crippen LogP contribution in [-0.4, -0.2) is 49.2 Å². The molecule has 6 heteroatoms. The first-order valence-corrected chi connectivity index (χ1v) is 8.05. The Morgan fingerprint density at radius 3 is 2.48 bits per heavy atom. The minimum atomic E-state index is -0.460. The number of piperidine rings is 1. The van der Waals surface area contributed by atoms with Gasteiger partial charge in [-0.25, -0.2) is 9.59 Å². The third-order valence-electron chi connectivity index (χ3n) is 5.01. The van der Waals surface area contributed by atoms with Crippen molar-refractivity contribution in [1.82, 2.24) is 10.2 Å². The van der Waals surface area contributed by atoms with Gasteiger partial charge in [0.05, 0.1) is 18.4 Å². The van der Waals surface area contributed by atoms with Gasteiger partial charge in [0.1, 0.15) is 0 Å². The molecule has 23 heavy (non-hydrogen) atoms. The zero-order chi connectivity index (χ0) is 16.4. The number of hydrogen-bond donors (Lipinski definition) is 2. The van der Waals surface area contributed by atoms with Crippen molar-refractivity contribution in [1.29, 1.82) is 0 Å². The molecule has 1 aromatic carbocycles. The van der Waals surface area contributed by atoms with Crippen molar-refractivity contribution in [3.8, 4) is 0 Å². The Kier molecular flexibility index (Phi) is 4.52. The number of amides is 2. The second-order valence-electron chi connectivity index (χ2n) is 6.35. The lowest BCUT2D eigenvalue weighted by Crippen LogP contribution is -2.49. The molecule has 2 aliphatic heterocycles. The molecule has 2 fully saturated rings. The normalized spacial score (nSPS) is 26.6. The molecule has 1 unspecified atom stereocenters. The van der Waals surface area contributed by atoms with Crippen molar-refractivity contribution in [3.05, 3.63) is 29.8 Å². The number of para-hydroxylation sites is 1. The van der Waals surface area contributed by atoms with E-state index in [9.17, 15) is 9.59 Å². The van der Waals surface area contributed by atoms with Crippen LogP contribution in [0, 0.1) is 0 Å². The number of carbonyl (C=O) groups is 2. The summed E-state index contributed by atoms with van der Waals surface area (Å²) in [5.41, 5.74) is 0.821. The van der Waals surface area contributed by atoms with Crippen LogP contribution in [0.1, 0.15) is 36.0 Å². The van der Waals surface area contributed by atoms with Gasteiger partial charge in [0, 0.05) is 18.1 Å². The summed E-state index contributed by atoms with van der Waals surface area (Å²) in [6.07, 6.45) is 4.40. The Morgan fingerprint density at radius 2 is 1.83 bits per heavy atom. The third kappa shape index (κ3) is 3.32. The van der Waals surface area contributed by atoms with E-state index in [-0.39, 0.29) is 12.1 Å². The highest BCUT2D eigenvalue weighted by molar-refractivity contribution is 6.00. The van der Waals surface area contributed by atoms with Crippen LogP contribution in [-0.2, 0) is 4.74 Å². The lowest BCUT2D eigenvalue weighted by atomic mass is 9.98. The maximum absolute atomic E-state index is 12.3. The molecule has 2 saturated heterocycles. The topological polar surface area (TPSA) is 70.7 Å². The van der Waals surface area contributed by atoms with Crippen molar-refractivity contribution in [2.45, 2.75) is 43.8 Å². The van der Waals surface area contributed by atoms with E-state index in [1.165, 1.54) is 20.0 Å². The molecule has 3 atom stereocenters. The van der Waals surface area contributed by atoms with E-state index < -0.39 is 5.97 Å². The number of anilines is 1. The van der Waals surface area contributed by atoms with Gasteiger partial charge in [-0.05, 0) is 44.9 Å². The minimum absolute atomic E-state index is 0.189. The first-order valence-electron chi connectivity index (χ1n) is 8.05. The second kappa shape index (κ2) is 6.58. The van der Waals surface area contributed by atoms with E-state index in [4.69, 9.17) is 4.74 Å². The van der Waals surface area contributed by atoms with Crippen LogP contribution in [0.5, 0.6) is 0 Å². The van der Waals surface area contributed by atoms with Crippen LogP contribution in [0.2, 0.25) is 0 Å². The fourth-order valence-corrected chi connectivity index (χ4v) is 3.75. The van der Waals surface area contributed by atoms with Gasteiger partial charge in [-0.3, -0.25) is 0 Å². The summed E-state index contributed by atoms with van der Waals surface area (Å²) in [7, 11) is 3.50. The van der Waals surface area contributed by atoms with Gasteiger partial charge in [-0.2, -0.15) is 0 Å². The van der Waals surface area contributed by atoms with Gasteiger partial charge in [-0.15, -0.1) is 0 Å². The van der Waals surface area contributed by atoms with Crippen molar-refractivity contribution in [2.24, 2.45) is 0 Å². The number of nitrogens with one attached hydrogen (secondary N) is 2. The smallest absolute Gasteiger partial charge is 0.339 e. The summed E-state index contributed by atoms with van der Waals surface area (Å²) >= 11 is 0. The quantitative estimate of drug-likeness (QED) is 0.839. The van der Waals surface area contributed by atoms with E-state index in [1.54, 1.807) is 24.3 Å². The van der Waals surface area contributed by atoms with Crippen LogP contribution in [0.15, 0.2) is 24.3 Å². The molecule has 0 saturated carbocycles. The standard InChI is InChI=1S/C17H23N3O3/c1-20-12-7-8-13(20)10-11(9-12)18-17(22)19-15-6-4-3-5-14(15)16(21)23-2/h3-6,11-13H,7-10H2,1-2H3,(H2,18,19,22)/t11?,12-,13+. The summed E-state index contributed by atoms with van der Waals surface area (Å²) in [4.78, 5) is 26.4. The molecule has 1 aromatic rings. The molecule has 124 valence electrons. The van der Waals surface area contributed by atoms with Gasteiger partial charge < -0.3 is 20.3 Å². The Balaban J connectivity index is 1.61. The SMILES string of the molecule is COC(=O)c1ccccc1NC(=O)NC1C[C@H]2CC[C@@H](C1)N2C. The van der Waals surface area contributed by atoms with Gasteiger partial charge in [0.15, 0.2) is 0 Å². The Bertz CT molecular complexity index is 591. The molecular weight excluding hydrogens is 294 g/mol. The van der Waals surface area contributed by atoms with E-state index in [0.29, 0.717) is 23.3 Å². The number of fused-ring (bicyclic) bond motifs is 2. The summed E-state index contributed by atoms with van der Waals surface area (Å²) in [6.45, 7) is 0. The number of nitrogens with zero attached hydrogens (tertiary/aromatic N) is 1. The number of benzene rings is 1. The maximum atomic E-state index is 12.3. The number of urea groups is 1. The average Bonchev–Trinajstić information content (AvgIpc) is 2.75. The maximum Gasteiger partial charge on any atom is 0.339 e. The zero-order valence-corrected chi connectivity index (χ0v) is 13.5. The van der Waals surface area contributed by atoms with Gasteiger partial charge in [-0.1, -0.05) is 12.1 Å². The Morgan fingerprint density at radius 1 is 1.17 bits per heavy atom. The average molecular weight is 317 g/mol. The molecule has 0 aliphatic carbocycles. The number of hydrogen-bond acceptors (Lipinski definition) is 4. The number of carbonyl (C=O) groups excluding carboxylic acids is 2. The predicted molar refractivity (Wildman–Crippen MR) is 87.5 cm³/mol. The zero-order valence-electron chi connectivity index (χ0n) is 13.5. The first-order chi connectivity index (χ1) is 11.1. The van der Waals surface area contributed by atoms with Crippen LogP contribution in [0.3, 0.4) is 0 Å². The number of methoxy groups -OCH3 is 1. The Hall–Kier alpha value is -2.08. The molecule has 2 aliphatic rings. The molecule has 3 rings (SSSR count). The number of ether oxygens (including phenoxy) is 1. The Labute approximate surface area is 136 Å². The fourth-order valence-electron chi connectivity index (χ4n) is 3.75. The lowest BCUT2D eigenvalue weighted by molar-refractivity contribution is 0.0602. The first kappa shape index (κ1) is 15.8. The molecule has 2 amide bonds. The van der Waals surface area contributed by atoms with E-state index >= 15 is 0 Å². The summed E-state index contributed by atoms with van der Waals surface area (Å²) < 4.78 is 4.74. The van der Waals surface area contributed by atoms with Crippen molar-refractivity contribution in [2.75, 3.05) is 19.5 Å². The van der Waals surface area contributed by atoms with Crippen LogP contribution in [0.25, 0.3) is 0 Å². The highest BCUT2D eigenvalue weighted by Gasteiger charge is 2.38. The van der Waals surface area contributed by atoms with Gasteiger partial charge in [0.25, 0.3) is 0 Å². The van der Waals surface area contributed by atoms with E-state index in [2.05, 4.69) is 22.6 Å². The van der Waals surface area contributed by atoms with Crippen molar-refractivity contribution < 1.29 is 14.3 Å². The monoisotopic (exact) mass is 317 g/mol. The van der Waals surface area contributed by atoms with E-state index in [1.807, 2.05) is 0 Å². The van der Waals surface area contributed by atoms with Crippen LogP contribution >= 0.6 is 0 Å². The molecule has 6 nitrogen and oxygen atoms in total. The van der Waals surface area contributed by atoms with Crippen molar-refractivity contribution >= 4 is 17.7 Å². The third-order valence-corrected chi connectivity index (χ3v) is 5.01. The summed E-state index contributed by atoms with van der Waals surface area (Å²) in [5, 5.41) is 5.81. The van der Waals surface area contributed by atoms with Gasteiger partial charge >= 0.3 is 12.0 Å². The minimum Gasteiger partial charge on any atom is -0.465 e. The highest BCUT2D eigenvalue weighted by Crippen LogP contribution is 2.34. The highest BCUT2D eigenvalue weighted by atomic mass is 16.5. The summed E-state index contributed by atoms with van der Waals surface area (Å²) in [5.74, 6) is -0.460. The predicted octanol–water partition coefficient (Wildman–Crippen LogP) is 2.22. The molecular formula is C17H23N3O3. The molecule has 2 heterocycles. The lowest BCUT2D eigenvalue weighted by Gasteiger charge is -2.36. The molecule has 2 bridgehead atoms. The number of rotatable bonds is 3. The number of esters is 1. The summed E-state index contributed by atoms with van der Waals surface area (Å²) in [6, 6.07) is 7.91. The molecule has 0 radical (unpaired) electrons.